The maximum Gasteiger partial charge on any atom is 0.261 e. The highest BCUT2D eigenvalue weighted by atomic mass is 35.5. The van der Waals surface area contributed by atoms with Crippen LogP contribution >= 0.6 is 11.6 Å². The maximum absolute atomic E-state index is 12.1. The first-order valence-corrected chi connectivity index (χ1v) is 7.21. The fourth-order valence-electron chi connectivity index (χ4n) is 1.79. The van der Waals surface area contributed by atoms with Gasteiger partial charge < -0.3 is 10.1 Å². The van der Waals surface area contributed by atoms with E-state index in [-0.39, 0.29) is 11.9 Å². The van der Waals surface area contributed by atoms with Crippen molar-refractivity contribution in [3.05, 3.63) is 29.3 Å². The van der Waals surface area contributed by atoms with E-state index in [0.717, 1.165) is 12.8 Å². The Morgan fingerprint density at radius 3 is 2.21 bits per heavy atom. The molecule has 0 spiro atoms. The molecule has 1 aromatic rings. The van der Waals surface area contributed by atoms with Crippen LogP contribution in [0, 0.1) is 0 Å². The molecule has 0 aliphatic carbocycles. The SMILES string of the molecule is CCC(CC)NC(=O)C(CC)Oc1ccc(Cl)cc1. The Morgan fingerprint density at radius 1 is 1.16 bits per heavy atom. The van der Waals surface area contributed by atoms with Gasteiger partial charge in [-0.25, -0.2) is 0 Å². The van der Waals surface area contributed by atoms with Crippen LogP contribution in [0.1, 0.15) is 40.0 Å². The number of hydrogen-bond donors (Lipinski definition) is 1. The van der Waals surface area contributed by atoms with Crippen LogP contribution in [0.3, 0.4) is 0 Å². The molecule has 0 aliphatic rings. The van der Waals surface area contributed by atoms with Crippen molar-refractivity contribution in [2.24, 2.45) is 0 Å². The minimum absolute atomic E-state index is 0.0499. The quantitative estimate of drug-likeness (QED) is 0.826. The molecule has 1 N–H and O–H groups in total. The van der Waals surface area contributed by atoms with Crippen LogP contribution in [0.25, 0.3) is 0 Å². The van der Waals surface area contributed by atoms with E-state index in [1.807, 2.05) is 6.92 Å². The number of hydrogen-bond acceptors (Lipinski definition) is 2. The van der Waals surface area contributed by atoms with Crippen LogP contribution in [-0.4, -0.2) is 18.1 Å². The van der Waals surface area contributed by atoms with Crippen LogP contribution in [0.2, 0.25) is 5.02 Å². The Morgan fingerprint density at radius 2 is 1.74 bits per heavy atom. The third-order valence-electron chi connectivity index (χ3n) is 3.09. The highest BCUT2D eigenvalue weighted by Gasteiger charge is 2.20. The van der Waals surface area contributed by atoms with Crippen molar-refractivity contribution in [2.45, 2.75) is 52.2 Å². The van der Waals surface area contributed by atoms with Crippen molar-refractivity contribution < 1.29 is 9.53 Å². The van der Waals surface area contributed by atoms with E-state index in [1.165, 1.54) is 0 Å². The summed E-state index contributed by atoms with van der Waals surface area (Å²) in [6.45, 7) is 6.07. The summed E-state index contributed by atoms with van der Waals surface area (Å²) in [6.07, 6.45) is 2.04. The van der Waals surface area contributed by atoms with Crippen molar-refractivity contribution in [3.63, 3.8) is 0 Å². The topological polar surface area (TPSA) is 38.3 Å². The van der Waals surface area contributed by atoms with Gasteiger partial charge in [-0.05, 0) is 43.5 Å². The molecule has 19 heavy (non-hydrogen) atoms. The number of benzene rings is 1. The van der Waals surface area contributed by atoms with Crippen LogP contribution in [0.4, 0.5) is 0 Å². The first-order valence-electron chi connectivity index (χ1n) is 6.83. The second-order valence-electron chi connectivity index (χ2n) is 4.49. The van der Waals surface area contributed by atoms with Gasteiger partial charge in [-0.15, -0.1) is 0 Å². The highest BCUT2D eigenvalue weighted by Crippen LogP contribution is 2.17. The zero-order chi connectivity index (χ0) is 14.3. The molecule has 1 amide bonds. The summed E-state index contributed by atoms with van der Waals surface area (Å²) in [4.78, 5) is 12.1. The van der Waals surface area contributed by atoms with E-state index in [4.69, 9.17) is 16.3 Å². The standard InChI is InChI=1S/C15H22ClNO2/c1-4-12(5-2)17-15(18)14(6-3)19-13-9-7-11(16)8-10-13/h7-10,12,14H,4-6H2,1-3H3,(H,17,18). The average molecular weight is 284 g/mol. The molecule has 0 fully saturated rings. The third kappa shape index (κ3) is 5.11. The Labute approximate surface area is 120 Å². The molecule has 0 bridgehead atoms. The van der Waals surface area contributed by atoms with Crippen molar-refractivity contribution in [1.82, 2.24) is 5.32 Å². The number of ether oxygens (including phenoxy) is 1. The van der Waals surface area contributed by atoms with Gasteiger partial charge in [0, 0.05) is 11.1 Å². The first-order chi connectivity index (χ1) is 9.10. The predicted molar refractivity (Wildman–Crippen MR) is 78.7 cm³/mol. The molecule has 3 nitrogen and oxygen atoms in total. The van der Waals surface area contributed by atoms with E-state index in [9.17, 15) is 4.79 Å². The number of halogens is 1. The molecule has 0 saturated carbocycles. The minimum Gasteiger partial charge on any atom is -0.481 e. The molecule has 106 valence electrons. The van der Waals surface area contributed by atoms with Crippen LogP contribution in [-0.2, 0) is 4.79 Å². The summed E-state index contributed by atoms with van der Waals surface area (Å²) >= 11 is 5.82. The molecule has 1 aromatic carbocycles. The second-order valence-corrected chi connectivity index (χ2v) is 4.93. The number of carbonyl (C=O) groups is 1. The van der Waals surface area contributed by atoms with E-state index in [2.05, 4.69) is 19.2 Å². The molecule has 0 heterocycles. The maximum atomic E-state index is 12.1. The summed E-state index contributed by atoms with van der Waals surface area (Å²) < 4.78 is 5.70. The van der Waals surface area contributed by atoms with Gasteiger partial charge in [0.2, 0.25) is 0 Å². The van der Waals surface area contributed by atoms with Crippen molar-refractivity contribution in [2.75, 3.05) is 0 Å². The fourth-order valence-corrected chi connectivity index (χ4v) is 1.91. The van der Waals surface area contributed by atoms with Crippen LogP contribution in [0.5, 0.6) is 5.75 Å². The molecule has 0 radical (unpaired) electrons. The molecular weight excluding hydrogens is 262 g/mol. The Hall–Kier alpha value is -1.22. The van der Waals surface area contributed by atoms with Gasteiger partial charge >= 0.3 is 0 Å². The normalized spacial score (nSPS) is 12.3. The van der Waals surface area contributed by atoms with Gasteiger partial charge in [0.25, 0.3) is 5.91 Å². The van der Waals surface area contributed by atoms with Crippen LogP contribution in [0.15, 0.2) is 24.3 Å². The monoisotopic (exact) mass is 283 g/mol. The predicted octanol–water partition coefficient (Wildman–Crippen LogP) is 3.80. The molecule has 0 saturated heterocycles. The third-order valence-corrected chi connectivity index (χ3v) is 3.34. The van der Waals surface area contributed by atoms with Gasteiger partial charge in [0.05, 0.1) is 0 Å². The van der Waals surface area contributed by atoms with E-state index < -0.39 is 6.10 Å². The average Bonchev–Trinajstić information content (AvgIpc) is 2.43. The largest absolute Gasteiger partial charge is 0.481 e. The van der Waals surface area contributed by atoms with E-state index in [0.29, 0.717) is 17.2 Å². The summed E-state index contributed by atoms with van der Waals surface area (Å²) in [5.41, 5.74) is 0. The zero-order valence-corrected chi connectivity index (χ0v) is 12.5. The van der Waals surface area contributed by atoms with E-state index >= 15 is 0 Å². The zero-order valence-electron chi connectivity index (χ0n) is 11.8. The summed E-state index contributed by atoms with van der Waals surface area (Å²) in [7, 11) is 0. The van der Waals surface area contributed by atoms with Crippen LogP contribution < -0.4 is 10.1 Å². The van der Waals surface area contributed by atoms with Gasteiger partial charge in [0.1, 0.15) is 5.75 Å². The van der Waals surface area contributed by atoms with E-state index in [1.54, 1.807) is 24.3 Å². The molecule has 0 aromatic heterocycles. The molecular formula is C15H22ClNO2. The Balaban J connectivity index is 2.62. The summed E-state index contributed by atoms with van der Waals surface area (Å²) in [6, 6.07) is 7.27. The molecule has 4 heteroatoms. The molecule has 1 rings (SSSR count). The van der Waals surface area contributed by atoms with Gasteiger partial charge in [-0.1, -0.05) is 32.4 Å². The van der Waals surface area contributed by atoms with Crippen molar-refractivity contribution in [3.8, 4) is 5.75 Å². The number of amides is 1. The smallest absolute Gasteiger partial charge is 0.261 e. The Kier molecular flexibility index (Phi) is 6.71. The second kappa shape index (κ2) is 8.05. The molecule has 1 atom stereocenters. The Bertz CT molecular complexity index is 388. The lowest BCUT2D eigenvalue weighted by Gasteiger charge is -2.21. The number of nitrogens with one attached hydrogen (secondary N) is 1. The van der Waals surface area contributed by atoms with Gasteiger partial charge in [0.15, 0.2) is 6.10 Å². The van der Waals surface area contributed by atoms with Crippen molar-refractivity contribution in [1.29, 1.82) is 0 Å². The summed E-state index contributed by atoms with van der Waals surface area (Å²) in [5, 5.41) is 3.66. The lowest BCUT2D eigenvalue weighted by Crippen LogP contribution is -2.43. The number of rotatable bonds is 7. The highest BCUT2D eigenvalue weighted by molar-refractivity contribution is 6.30. The van der Waals surface area contributed by atoms with Gasteiger partial charge in [-0.2, -0.15) is 0 Å². The fraction of sp³-hybridized carbons (Fsp3) is 0.533. The first kappa shape index (κ1) is 15.8. The summed E-state index contributed by atoms with van der Waals surface area (Å²) in [5.74, 6) is 0.613. The number of carbonyl (C=O) groups excluding carboxylic acids is 1. The molecule has 0 aliphatic heterocycles. The lowest BCUT2D eigenvalue weighted by molar-refractivity contribution is -0.128. The minimum atomic E-state index is -0.457. The van der Waals surface area contributed by atoms with Crippen molar-refractivity contribution >= 4 is 17.5 Å². The molecule has 1 unspecified atom stereocenters. The van der Waals surface area contributed by atoms with Gasteiger partial charge in [-0.3, -0.25) is 4.79 Å². The lowest BCUT2D eigenvalue weighted by atomic mass is 10.1.